The van der Waals surface area contributed by atoms with E-state index in [-0.39, 0.29) is 23.4 Å². The minimum Gasteiger partial charge on any atom is -0.397 e. The van der Waals surface area contributed by atoms with E-state index >= 15 is 0 Å². The molecule has 100 valence electrons. The van der Waals surface area contributed by atoms with Gasteiger partial charge in [-0.2, -0.15) is 0 Å². The highest BCUT2D eigenvalue weighted by molar-refractivity contribution is 14.1. The lowest BCUT2D eigenvalue weighted by Gasteiger charge is -2.27. The zero-order chi connectivity index (χ0) is 13.5. The second-order valence-electron chi connectivity index (χ2n) is 4.49. The van der Waals surface area contributed by atoms with Gasteiger partial charge in [-0.05, 0) is 35.1 Å². The van der Waals surface area contributed by atoms with Gasteiger partial charge in [0.25, 0.3) is 0 Å². The predicted molar refractivity (Wildman–Crippen MR) is 79.0 cm³/mol. The van der Waals surface area contributed by atoms with Crippen LogP contribution >= 0.6 is 22.6 Å². The number of hydrogen-bond acceptors (Lipinski definition) is 4. The zero-order valence-corrected chi connectivity index (χ0v) is 12.8. The van der Waals surface area contributed by atoms with E-state index in [2.05, 4.69) is 0 Å². The minimum absolute atomic E-state index is 0.108. The molecule has 2 rings (SSSR count). The van der Waals surface area contributed by atoms with E-state index in [9.17, 15) is 12.8 Å². The van der Waals surface area contributed by atoms with Crippen molar-refractivity contribution in [3.63, 3.8) is 0 Å². The molecule has 1 aliphatic heterocycles. The van der Waals surface area contributed by atoms with E-state index in [4.69, 9.17) is 5.73 Å². The van der Waals surface area contributed by atoms with Crippen LogP contribution in [0.5, 0.6) is 0 Å². The first-order valence-corrected chi connectivity index (χ1v) is 8.38. The van der Waals surface area contributed by atoms with Crippen molar-refractivity contribution >= 4 is 43.8 Å². The van der Waals surface area contributed by atoms with E-state index in [1.165, 1.54) is 6.07 Å². The number of rotatable bonds is 2. The number of halogens is 2. The first-order valence-electron chi connectivity index (χ1n) is 5.48. The van der Waals surface area contributed by atoms with Gasteiger partial charge in [-0.25, -0.2) is 12.8 Å². The summed E-state index contributed by atoms with van der Waals surface area (Å²) < 4.78 is 36.9. The van der Waals surface area contributed by atoms with Crippen molar-refractivity contribution in [2.24, 2.45) is 0 Å². The second-order valence-corrected chi connectivity index (χ2v) is 7.88. The summed E-state index contributed by atoms with van der Waals surface area (Å²) in [5.41, 5.74) is 6.88. The highest BCUT2D eigenvalue weighted by Gasteiger charge is 2.31. The summed E-state index contributed by atoms with van der Waals surface area (Å²) in [5, 5.41) is 0. The van der Waals surface area contributed by atoms with Gasteiger partial charge in [0, 0.05) is 19.2 Å². The van der Waals surface area contributed by atoms with Gasteiger partial charge >= 0.3 is 0 Å². The van der Waals surface area contributed by atoms with Crippen molar-refractivity contribution in [3.05, 3.63) is 21.5 Å². The number of nitrogens with zero attached hydrogens (tertiary/aromatic N) is 1. The van der Waals surface area contributed by atoms with Crippen LogP contribution in [0.25, 0.3) is 0 Å². The summed E-state index contributed by atoms with van der Waals surface area (Å²) in [6.45, 7) is 0. The van der Waals surface area contributed by atoms with Crippen LogP contribution in [-0.2, 0) is 9.84 Å². The molecule has 2 N–H and O–H groups in total. The third-order valence-electron chi connectivity index (χ3n) is 3.21. The van der Waals surface area contributed by atoms with Crippen LogP contribution < -0.4 is 10.6 Å². The Balaban J connectivity index is 2.30. The largest absolute Gasteiger partial charge is 0.397 e. The Morgan fingerprint density at radius 1 is 1.50 bits per heavy atom. The van der Waals surface area contributed by atoms with Gasteiger partial charge in [-0.1, -0.05) is 0 Å². The maximum atomic E-state index is 13.6. The Morgan fingerprint density at radius 2 is 2.17 bits per heavy atom. The number of benzene rings is 1. The molecule has 1 heterocycles. The third-order valence-corrected chi connectivity index (χ3v) is 5.78. The molecule has 1 aromatic rings. The highest BCUT2D eigenvalue weighted by Crippen LogP contribution is 2.30. The molecule has 1 aromatic carbocycles. The van der Waals surface area contributed by atoms with Crippen molar-refractivity contribution < 1.29 is 12.8 Å². The van der Waals surface area contributed by atoms with Crippen molar-refractivity contribution in [2.75, 3.05) is 29.2 Å². The molecule has 0 radical (unpaired) electrons. The Hall–Kier alpha value is -0.570. The fourth-order valence-corrected chi connectivity index (χ4v) is 4.40. The molecular formula is C11H14FIN2O2S. The number of nitrogen functional groups attached to an aromatic ring is 1. The van der Waals surface area contributed by atoms with Crippen molar-refractivity contribution in [1.29, 1.82) is 0 Å². The maximum Gasteiger partial charge on any atom is 0.152 e. The summed E-state index contributed by atoms with van der Waals surface area (Å²) in [4.78, 5) is 1.76. The summed E-state index contributed by atoms with van der Waals surface area (Å²) in [6.07, 6.45) is 0.561. The average molecular weight is 384 g/mol. The second kappa shape index (κ2) is 4.84. The van der Waals surface area contributed by atoms with E-state index in [1.54, 1.807) is 18.0 Å². The lowest BCUT2D eigenvalue weighted by atomic mass is 10.2. The Kier molecular flexibility index (Phi) is 3.72. The SMILES string of the molecule is CN(c1cc(F)c(I)cc1N)C1CCS(=O)(=O)C1. The van der Waals surface area contributed by atoms with Crippen LogP contribution in [0.3, 0.4) is 0 Å². The summed E-state index contributed by atoms with van der Waals surface area (Å²) in [7, 11) is -1.20. The van der Waals surface area contributed by atoms with E-state index < -0.39 is 9.84 Å². The molecule has 1 unspecified atom stereocenters. The van der Waals surface area contributed by atoms with Gasteiger partial charge in [0.05, 0.1) is 26.5 Å². The van der Waals surface area contributed by atoms with Crippen molar-refractivity contribution in [2.45, 2.75) is 12.5 Å². The molecule has 1 fully saturated rings. The normalized spacial score (nSPS) is 22.1. The van der Waals surface area contributed by atoms with E-state index in [0.717, 1.165) is 0 Å². The molecule has 18 heavy (non-hydrogen) atoms. The molecule has 1 aliphatic rings. The van der Waals surface area contributed by atoms with Gasteiger partial charge < -0.3 is 10.6 Å². The van der Waals surface area contributed by atoms with E-state index in [0.29, 0.717) is 21.4 Å². The molecule has 4 nitrogen and oxygen atoms in total. The van der Waals surface area contributed by atoms with Crippen LogP contribution in [-0.4, -0.2) is 33.0 Å². The average Bonchev–Trinajstić information content (AvgIpc) is 2.63. The first-order chi connectivity index (χ1) is 8.30. The Bertz CT molecular complexity index is 577. The lowest BCUT2D eigenvalue weighted by molar-refractivity contribution is 0.600. The van der Waals surface area contributed by atoms with Gasteiger partial charge in [0.2, 0.25) is 0 Å². The molecule has 1 atom stereocenters. The topological polar surface area (TPSA) is 63.4 Å². The molecule has 1 saturated heterocycles. The van der Waals surface area contributed by atoms with Gasteiger partial charge in [0.1, 0.15) is 5.82 Å². The van der Waals surface area contributed by atoms with Gasteiger partial charge in [-0.15, -0.1) is 0 Å². The molecule has 0 aliphatic carbocycles. The van der Waals surface area contributed by atoms with Crippen molar-refractivity contribution in [3.8, 4) is 0 Å². The monoisotopic (exact) mass is 384 g/mol. The van der Waals surface area contributed by atoms with E-state index in [1.807, 2.05) is 22.6 Å². The zero-order valence-electron chi connectivity index (χ0n) is 9.86. The fraction of sp³-hybridized carbons (Fsp3) is 0.455. The first kappa shape index (κ1) is 13.9. The number of hydrogen-bond donors (Lipinski definition) is 1. The van der Waals surface area contributed by atoms with Crippen LogP contribution in [0.1, 0.15) is 6.42 Å². The predicted octanol–water partition coefficient (Wildman–Crippen LogP) is 1.64. The van der Waals surface area contributed by atoms with Crippen LogP contribution in [0, 0.1) is 9.39 Å². The molecular weight excluding hydrogens is 370 g/mol. The minimum atomic E-state index is -2.96. The van der Waals surface area contributed by atoms with Gasteiger partial charge in [-0.3, -0.25) is 0 Å². The highest BCUT2D eigenvalue weighted by atomic mass is 127. The molecule has 0 saturated carbocycles. The molecule has 0 bridgehead atoms. The smallest absolute Gasteiger partial charge is 0.152 e. The quantitative estimate of drug-likeness (QED) is 0.622. The van der Waals surface area contributed by atoms with Crippen LogP contribution in [0.4, 0.5) is 15.8 Å². The maximum absolute atomic E-state index is 13.6. The molecule has 7 heteroatoms. The molecule has 0 amide bonds. The fourth-order valence-electron chi connectivity index (χ4n) is 2.13. The van der Waals surface area contributed by atoms with Gasteiger partial charge in [0.15, 0.2) is 9.84 Å². The van der Waals surface area contributed by atoms with Crippen LogP contribution in [0.2, 0.25) is 0 Å². The molecule has 0 spiro atoms. The third kappa shape index (κ3) is 2.71. The number of nitrogens with two attached hydrogens (primary N) is 1. The lowest BCUT2D eigenvalue weighted by Crippen LogP contribution is -2.33. The Morgan fingerprint density at radius 3 is 2.72 bits per heavy atom. The summed E-state index contributed by atoms with van der Waals surface area (Å²) >= 11 is 1.87. The van der Waals surface area contributed by atoms with Crippen molar-refractivity contribution in [1.82, 2.24) is 0 Å². The standard InChI is InChI=1S/C11H14FIN2O2S/c1-15(7-2-3-18(16,17)6-7)11-4-8(12)9(13)5-10(11)14/h4-5,7H,2-3,6,14H2,1H3. The summed E-state index contributed by atoms with van der Waals surface area (Å²) in [6, 6.07) is 2.80. The van der Waals surface area contributed by atoms with Crippen LogP contribution in [0.15, 0.2) is 12.1 Å². The summed E-state index contributed by atoms with van der Waals surface area (Å²) in [5.74, 6) is -0.0433. The Labute approximate surface area is 119 Å². The number of anilines is 2. The molecule has 0 aromatic heterocycles. The number of sulfone groups is 1.